The molecule has 0 spiro atoms. The number of rotatable bonds is 5. The van der Waals surface area contributed by atoms with Crippen LogP contribution in [-0.4, -0.2) is 12.2 Å². The summed E-state index contributed by atoms with van der Waals surface area (Å²) in [4.78, 5) is 0. The lowest BCUT2D eigenvalue weighted by molar-refractivity contribution is 0.305. The van der Waals surface area contributed by atoms with Gasteiger partial charge in [-0.05, 0) is 49.4 Å². The maximum Gasteiger partial charge on any atom is 0.120 e. The number of ether oxygens (including phenoxy) is 1. The molecule has 1 atom stereocenters. The van der Waals surface area contributed by atoms with Crippen molar-refractivity contribution >= 4 is 0 Å². The Morgan fingerprint density at radius 2 is 1.89 bits per heavy atom. The minimum absolute atomic E-state index is 0.272. The summed E-state index contributed by atoms with van der Waals surface area (Å²) in [5.74, 6) is 1.13. The average molecular weight is 257 g/mol. The van der Waals surface area contributed by atoms with Gasteiger partial charge in [0.2, 0.25) is 0 Å². The highest BCUT2D eigenvalue weighted by molar-refractivity contribution is 5.31. The first kappa shape index (κ1) is 13.4. The van der Waals surface area contributed by atoms with Crippen LogP contribution in [0.1, 0.15) is 24.1 Å². The fourth-order valence-electron chi connectivity index (χ4n) is 1.80. The zero-order valence-corrected chi connectivity index (χ0v) is 11.3. The molecule has 0 radical (unpaired) electrons. The van der Waals surface area contributed by atoms with Crippen molar-refractivity contribution in [2.24, 2.45) is 0 Å². The van der Waals surface area contributed by atoms with E-state index in [9.17, 15) is 5.11 Å². The molecule has 0 fully saturated rings. The maximum atomic E-state index is 9.22. The monoisotopic (exact) mass is 257 g/mol. The third-order valence-electron chi connectivity index (χ3n) is 3.13. The van der Waals surface area contributed by atoms with Crippen LogP contribution in [0.4, 0.5) is 0 Å². The summed E-state index contributed by atoms with van der Waals surface area (Å²) >= 11 is 0. The molecule has 19 heavy (non-hydrogen) atoms. The maximum absolute atomic E-state index is 9.22. The minimum Gasteiger partial charge on any atom is -0.508 e. The molecule has 3 heteroatoms. The second kappa shape index (κ2) is 6.25. The summed E-state index contributed by atoms with van der Waals surface area (Å²) in [7, 11) is 1.94. The number of hydrogen-bond donors (Lipinski definition) is 2. The second-order valence-electron chi connectivity index (χ2n) is 4.54. The number of phenolic OH excluding ortho intramolecular Hbond substituents is 1. The molecule has 0 aliphatic heterocycles. The van der Waals surface area contributed by atoms with Gasteiger partial charge >= 0.3 is 0 Å². The number of benzene rings is 2. The van der Waals surface area contributed by atoms with Crippen molar-refractivity contribution in [1.29, 1.82) is 0 Å². The van der Waals surface area contributed by atoms with Crippen molar-refractivity contribution in [1.82, 2.24) is 5.32 Å². The third kappa shape index (κ3) is 3.73. The Labute approximate surface area is 113 Å². The molecule has 0 saturated carbocycles. The van der Waals surface area contributed by atoms with Crippen LogP contribution in [-0.2, 0) is 6.61 Å². The van der Waals surface area contributed by atoms with E-state index in [1.807, 2.05) is 37.4 Å². The Hall–Kier alpha value is -2.00. The molecule has 0 aliphatic carbocycles. The first-order valence-electron chi connectivity index (χ1n) is 6.37. The van der Waals surface area contributed by atoms with Crippen LogP contribution in [0.25, 0.3) is 0 Å². The average Bonchev–Trinajstić information content (AvgIpc) is 2.46. The van der Waals surface area contributed by atoms with Gasteiger partial charge in [0.05, 0.1) is 0 Å². The fourth-order valence-corrected chi connectivity index (χ4v) is 1.80. The smallest absolute Gasteiger partial charge is 0.120 e. The standard InChI is InChI=1S/C16H19NO2/c1-12(17-2)14-4-3-5-16(10-14)19-11-13-6-8-15(18)9-7-13/h3-10,12,17-18H,11H2,1-2H3. The van der Waals surface area contributed by atoms with Gasteiger partial charge in [-0.3, -0.25) is 0 Å². The third-order valence-corrected chi connectivity index (χ3v) is 3.13. The van der Waals surface area contributed by atoms with E-state index in [0.29, 0.717) is 12.6 Å². The van der Waals surface area contributed by atoms with Crippen LogP contribution in [0.3, 0.4) is 0 Å². The van der Waals surface area contributed by atoms with E-state index in [-0.39, 0.29) is 5.75 Å². The van der Waals surface area contributed by atoms with E-state index < -0.39 is 0 Å². The number of hydrogen-bond acceptors (Lipinski definition) is 3. The van der Waals surface area contributed by atoms with Crippen LogP contribution in [0.5, 0.6) is 11.5 Å². The summed E-state index contributed by atoms with van der Waals surface area (Å²) in [5, 5.41) is 12.4. The van der Waals surface area contributed by atoms with Crippen LogP contribution in [0.2, 0.25) is 0 Å². The van der Waals surface area contributed by atoms with Crippen molar-refractivity contribution in [2.75, 3.05) is 7.05 Å². The van der Waals surface area contributed by atoms with Gasteiger partial charge in [0.15, 0.2) is 0 Å². The van der Waals surface area contributed by atoms with Crippen LogP contribution >= 0.6 is 0 Å². The fraction of sp³-hybridized carbons (Fsp3) is 0.250. The summed E-state index contributed by atoms with van der Waals surface area (Å²) in [6.07, 6.45) is 0. The molecule has 0 aliphatic rings. The highest BCUT2D eigenvalue weighted by Gasteiger charge is 2.03. The molecule has 100 valence electrons. The van der Waals surface area contributed by atoms with Crippen molar-refractivity contribution in [3.05, 3.63) is 59.7 Å². The van der Waals surface area contributed by atoms with E-state index >= 15 is 0 Å². The number of phenols is 1. The van der Waals surface area contributed by atoms with Gasteiger partial charge < -0.3 is 15.2 Å². The minimum atomic E-state index is 0.272. The SMILES string of the molecule is CNC(C)c1cccc(OCc2ccc(O)cc2)c1. The Morgan fingerprint density at radius 1 is 1.16 bits per heavy atom. The second-order valence-corrected chi connectivity index (χ2v) is 4.54. The highest BCUT2D eigenvalue weighted by atomic mass is 16.5. The number of nitrogens with one attached hydrogen (secondary N) is 1. The van der Waals surface area contributed by atoms with E-state index in [2.05, 4.69) is 18.3 Å². The predicted molar refractivity (Wildman–Crippen MR) is 76.4 cm³/mol. The summed E-state index contributed by atoms with van der Waals surface area (Å²) < 4.78 is 5.76. The van der Waals surface area contributed by atoms with Crippen molar-refractivity contribution in [3.63, 3.8) is 0 Å². The summed E-state index contributed by atoms with van der Waals surface area (Å²) in [6, 6.07) is 15.4. The predicted octanol–water partition coefficient (Wildman–Crippen LogP) is 3.25. The molecule has 1 unspecified atom stereocenters. The normalized spacial score (nSPS) is 12.1. The van der Waals surface area contributed by atoms with Crippen LogP contribution in [0, 0.1) is 0 Å². The topological polar surface area (TPSA) is 41.5 Å². The Bertz CT molecular complexity index is 523. The Balaban J connectivity index is 2.01. The summed E-state index contributed by atoms with van der Waals surface area (Å²) in [5.41, 5.74) is 2.23. The van der Waals surface area contributed by atoms with Gasteiger partial charge in [0.25, 0.3) is 0 Å². The molecule has 2 N–H and O–H groups in total. The molecule has 0 bridgehead atoms. The van der Waals surface area contributed by atoms with Crippen molar-refractivity contribution < 1.29 is 9.84 Å². The van der Waals surface area contributed by atoms with Gasteiger partial charge in [-0.1, -0.05) is 24.3 Å². The van der Waals surface area contributed by atoms with Crippen molar-refractivity contribution in [3.8, 4) is 11.5 Å². The molecular weight excluding hydrogens is 238 g/mol. The van der Waals surface area contributed by atoms with Gasteiger partial charge in [-0.15, -0.1) is 0 Å². The lowest BCUT2D eigenvalue weighted by atomic mass is 10.1. The zero-order valence-electron chi connectivity index (χ0n) is 11.3. The molecule has 2 aromatic carbocycles. The highest BCUT2D eigenvalue weighted by Crippen LogP contribution is 2.20. The van der Waals surface area contributed by atoms with Gasteiger partial charge in [0.1, 0.15) is 18.1 Å². The molecule has 2 rings (SSSR count). The van der Waals surface area contributed by atoms with E-state index in [4.69, 9.17) is 4.74 Å². The van der Waals surface area contributed by atoms with Gasteiger partial charge in [-0.25, -0.2) is 0 Å². The molecular formula is C16H19NO2. The number of aromatic hydroxyl groups is 1. The van der Waals surface area contributed by atoms with Crippen LogP contribution < -0.4 is 10.1 Å². The van der Waals surface area contributed by atoms with Crippen molar-refractivity contribution in [2.45, 2.75) is 19.6 Å². The molecule has 0 aromatic heterocycles. The molecule has 0 amide bonds. The molecule has 2 aromatic rings. The molecule has 3 nitrogen and oxygen atoms in total. The van der Waals surface area contributed by atoms with E-state index in [0.717, 1.165) is 11.3 Å². The molecule has 0 heterocycles. The largest absolute Gasteiger partial charge is 0.508 e. The first-order valence-corrected chi connectivity index (χ1v) is 6.37. The van der Waals surface area contributed by atoms with Gasteiger partial charge in [-0.2, -0.15) is 0 Å². The van der Waals surface area contributed by atoms with Crippen LogP contribution in [0.15, 0.2) is 48.5 Å². The lowest BCUT2D eigenvalue weighted by Gasteiger charge is -2.12. The first-order chi connectivity index (χ1) is 9.19. The summed E-state index contributed by atoms with van der Waals surface area (Å²) in [6.45, 7) is 2.61. The quantitative estimate of drug-likeness (QED) is 0.864. The van der Waals surface area contributed by atoms with Gasteiger partial charge in [0, 0.05) is 6.04 Å². The Kier molecular flexibility index (Phi) is 4.42. The zero-order chi connectivity index (χ0) is 13.7. The Morgan fingerprint density at radius 3 is 2.58 bits per heavy atom. The lowest BCUT2D eigenvalue weighted by Crippen LogP contribution is -2.12. The van der Waals surface area contributed by atoms with E-state index in [1.54, 1.807) is 12.1 Å². The van der Waals surface area contributed by atoms with E-state index in [1.165, 1.54) is 5.56 Å². The molecule has 0 saturated heterocycles.